The second-order valence-electron chi connectivity index (χ2n) is 6.22. The third-order valence-electron chi connectivity index (χ3n) is 4.14. The molecule has 2 aromatic rings. The van der Waals surface area contributed by atoms with Gasteiger partial charge in [0.15, 0.2) is 0 Å². The van der Waals surface area contributed by atoms with Gasteiger partial charge in [0.05, 0.1) is 6.54 Å². The van der Waals surface area contributed by atoms with Crippen molar-refractivity contribution in [2.45, 2.75) is 27.2 Å². The van der Waals surface area contributed by atoms with Gasteiger partial charge in [0.25, 0.3) is 5.91 Å². The summed E-state index contributed by atoms with van der Waals surface area (Å²) in [5.41, 5.74) is 3.51. The Labute approximate surface area is 164 Å². The average molecular weight is 382 g/mol. The largest absolute Gasteiger partial charge is 0.376 e. The first-order valence-electron chi connectivity index (χ1n) is 9.26. The normalized spacial score (nSPS) is 10.1. The third-order valence-corrected chi connectivity index (χ3v) is 4.14. The molecule has 0 aromatic heterocycles. The Kier molecular flexibility index (Phi) is 7.56. The lowest BCUT2D eigenvalue weighted by molar-refractivity contribution is -0.116. The van der Waals surface area contributed by atoms with Crippen LogP contribution in [0, 0.1) is 6.92 Å². The van der Waals surface area contributed by atoms with Gasteiger partial charge in [-0.3, -0.25) is 14.4 Å². The quantitative estimate of drug-likeness (QED) is 0.564. The summed E-state index contributed by atoms with van der Waals surface area (Å²) < 4.78 is 0. The van der Waals surface area contributed by atoms with E-state index in [1.807, 2.05) is 32.0 Å². The van der Waals surface area contributed by atoms with Crippen LogP contribution in [0.25, 0.3) is 0 Å². The van der Waals surface area contributed by atoms with Crippen molar-refractivity contribution >= 4 is 34.8 Å². The van der Waals surface area contributed by atoms with Gasteiger partial charge in [0, 0.05) is 35.6 Å². The van der Waals surface area contributed by atoms with Gasteiger partial charge < -0.3 is 21.3 Å². The lowest BCUT2D eigenvalue weighted by Crippen LogP contribution is -2.23. The van der Waals surface area contributed by atoms with Gasteiger partial charge in [-0.15, -0.1) is 0 Å². The second-order valence-corrected chi connectivity index (χ2v) is 6.22. The first kappa shape index (κ1) is 21.0. The number of carbonyl (C=O) groups is 3. The van der Waals surface area contributed by atoms with E-state index in [0.29, 0.717) is 24.2 Å². The van der Waals surface area contributed by atoms with Crippen LogP contribution in [0.4, 0.5) is 17.1 Å². The monoisotopic (exact) mass is 382 g/mol. The molecule has 0 fully saturated rings. The van der Waals surface area contributed by atoms with E-state index in [2.05, 4.69) is 21.3 Å². The summed E-state index contributed by atoms with van der Waals surface area (Å²) in [4.78, 5) is 35.5. The molecule has 0 aliphatic carbocycles. The SMILES string of the molecule is CCNC(=O)c1ccc(NC(=O)CNc2cccc(NC(=O)CC)c2C)cc1. The van der Waals surface area contributed by atoms with Crippen molar-refractivity contribution in [1.29, 1.82) is 0 Å². The van der Waals surface area contributed by atoms with Gasteiger partial charge in [-0.2, -0.15) is 0 Å². The Morgan fingerprint density at radius 3 is 2.18 bits per heavy atom. The van der Waals surface area contributed by atoms with Crippen molar-refractivity contribution in [3.63, 3.8) is 0 Å². The topological polar surface area (TPSA) is 99.3 Å². The van der Waals surface area contributed by atoms with Crippen LogP contribution < -0.4 is 21.3 Å². The van der Waals surface area contributed by atoms with E-state index >= 15 is 0 Å². The van der Waals surface area contributed by atoms with Gasteiger partial charge in [-0.25, -0.2) is 0 Å². The van der Waals surface area contributed by atoms with Crippen LogP contribution in [-0.4, -0.2) is 30.8 Å². The van der Waals surface area contributed by atoms with Crippen molar-refractivity contribution in [1.82, 2.24) is 5.32 Å². The second kappa shape index (κ2) is 10.1. The van der Waals surface area contributed by atoms with Crippen LogP contribution in [0.5, 0.6) is 0 Å². The highest BCUT2D eigenvalue weighted by atomic mass is 16.2. The molecule has 0 unspecified atom stereocenters. The maximum absolute atomic E-state index is 12.2. The fourth-order valence-corrected chi connectivity index (χ4v) is 2.55. The van der Waals surface area contributed by atoms with Crippen LogP contribution >= 0.6 is 0 Å². The summed E-state index contributed by atoms with van der Waals surface area (Å²) in [5.74, 6) is -0.422. The average Bonchev–Trinajstić information content (AvgIpc) is 2.69. The molecule has 0 bridgehead atoms. The number of rotatable bonds is 8. The molecule has 0 atom stereocenters. The Balaban J connectivity index is 1.93. The Bertz CT molecular complexity index is 847. The van der Waals surface area contributed by atoms with Gasteiger partial charge >= 0.3 is 0 Å². The fraction of sp³-hybridized carbons (Fsp3) is 0.286. The molecule has 3 amide bonds. The van der Waals surface area contributed by atoms with Crippen molar-refractivity contribution < 1.29 is 14.4 Å². The molecular formula is C21H26N4O3. The molecule has 0 aliphatic rings. The predicted molar refractivity (Wildman–Crippen MR) is 112 cm³/mol. The van der Waals surface area contributed by atoms with Crippen LogP contribution in [0.1, 0.15) is 36.2 Å². The first-order valence-corrected chi connectivity index (χ1v) is 9.26. The van der Waals surface area contributed by atoms with E-state index in [0.717, 1.165) is 16.9 Å². The molecule has 0 saturated heterocycles. The van der Waals surface area contributed by atoms with Crippen molar-refractivity contribution in [2.24, 2.45) is 0 Å². The molecule has 0 heterocycles. The summed E-state index contributed by atoms with van der Waals surface area (Å²) in [6, 6.07) is 12.2. The Hall–Kier alpha value is -3.35. The zero-order valence-corrected chi connectivity index (χ0v) is 16.4. The van der Waals surface area contributed by atoms with E-state index in [1.54, 1.807) is 31.2 Å². The predicted octanol–water partition coefficient (Wildman–Crippen LogP) is 3.14. The highest BCUT2D eigenvalue weighted by molar-refractivity contribution is 5.97. The van der Waals surface area contributed by atoms with E-state index < -0.39 is 0 Å². The van der Waals surface area contributed by atoms with Gasteiger partial charge in [-0.1, -0.05) is 13.0 Å². The number of hydrogen-bond donors (Lipinski definition) is 4. The lowest BCUT2D eigenvalue weighted by Gasteiger charge is -2.14. The maximum atomic E-state index is 12.2. The van der Waals surface area contributed by atoms with Crippen LogP contribution in [0.3, 0.4) is 0 Å². The maximum Gasteiger partial charge on any atom is 0.251 e. The Morgan fingerprint density at radius 2 is 1.54 bits per heavy atom. The minimum Gasteiger partial charge on any atom is -0.376 e. The molecule has 0 spiro atoms. The van der Waals surface area contributed by atoms with Gasteiger partial charge in [-0.05, 0) is 55.8 Å². The zero-order chi connectivity index (χ0) is 20.5. The zero-order valence-electron chi connectivity index (χ0n) is 16.4. The molecule has 2 aromatic carbocycles. The Morgan fingerprint density at radius 1 is 0.857 bits per heavy atom. The molecule has 0 aliphatic heterocycles. The summed E-state index contributed by atoms with van der Waals surface area (Å²) >= 11 is 0. The molecule has 7 heteroatoms. The summed E-state index contributed by atoms with van der Waals surface area (Å²) in [5, 5.41) is 11.4. The van der Waals surface area contributed by atoms with Crippen molar-refractivity contribution in [2.75, 3.05) is 29.0 Å². The van der Waals surface area contributed by atoms with E-state index in [4.69, 9.17) is 0 Å². The molecule has 28 heavy (non-hydrogen) atoms. The number of hydrogen-bond acceptors (Lipinski definition) is 4. The summed E-state index contributed by atoms with van der Waals surface area (Å²) in [6.45, 7) is 6.16. The molecule has 4 N–H and O–H groups in total. The van der Waals surface area contributed by atoms with Gasteiger partial charge in [0.2, 0.25) is 11.8 Å². The number of amides is 3. The minimum absolute atomic E-state index is 0.0611. The molecule has 148 valence electrons. The van der Waals surface area contributed by atoms with Crippen LogP contribution in [0.2, 0.25) is 0 Å². The standard InChI is InChI=1S/C21H26N4O3/c1-4-19(26)25-18-8-6-7-17(14(18)3)23-13-20(27)24-16-11-9-15(10-12-16)21(28)22-5-2/h6-12,23H,4-5,13H2,1-3H3,(H,22,28)(H,24,27)(H,25,26). The molecular weight excluding hydrogens is 356 g/mol. The minimum atomic E-state index is -0.215. The number of anilines is 3. The molecule has 7 nitrogen and oxygen atoms in total. The highest BCUT2D eigenvalue weighted by Crippen LogP contribution is 2.23. The van der Waals surface area contributed by atoms with Gasteiger partial charge in [0.1, 0.15) is 0 Å². The fourth-order valence-electron chi connectivity index (χ4n) is 2.55. The van der Waals surface area contributed by atoms with E-state index in [-0.39, 0.29) is 24.3 Å². The first-order chi connectivity index (χ1) is 13.4. The summed E-state index contributed by atoms with van der Waals surface area (Å²) in [7, 11) is 0. The molecule has 2 rings (SSSR count). The van der Waals surface area contributed by atoms with E-state index in [1.165, 1.54) is 0 Å². The van der Waals surface area contributed by atoms with Crippen LogP contribution in [-0.2, 0) is 9.59 Å². The third kappa shape index (κ3) is 5.84. The number of benzene rings is 2. The van der Waals surface area contributed by atoms with Crippen molar-refractivity contribution in [3.8, 4) is 0 Å². The number of carbonyl (C=O) groups excluding carboxylic acids is 3. The smallest absolute Gasteiger partial charge is 0.251 e. The summed E-state index contributed by atoms with van der Waals surface area (Å²) in [6.07, 6.45) is 0.401. The van der Waals surface area contributed by atoms with Crippen molar-refractivity contribution in [3.05, 3.63) is 53.6 Å². The molecule has 0 saturated carbocycles. The highest BCUT2D eigenvalue weighted by Gasteiger charge is 2.09. The lowest BCUT2D eigenvalue weighted by atomic mass is 10.1. The number of nitrogens with one attached hydrogen (secondary N) is 4. The molecule has 0 radical (unpaired) electrons. The van der Waals surface area contributed by atoms with Crippen LogP contribution in [0.15, 0.2) is 42.5 Å². The van der Waals surface area contributed by atoms with E-state index in [9.17, 15) is 14.4 Å².